The van der Waals surface area contributed by atoms with E-state index < -0.39 is 15.0 Å². The third-order valence-corrected chi connectivity index (χ3v) is 4.79. The van der Waals surface area contributed by atoms with Gasteiger partial charge in [0.2, 0.25) is 0 Å². The van der Waals surface area contributed by atoms with Crippen LogP contribution in [0.4, 0.5) is 0 Å². The van der Waals surface area contributed by atoms with E-state index in [0.717, 1.165) is 4.90 Å². The Bertz CT molecular complexity index is 703. The standard InChI is InChI=1S/C12H8Cl2O3S2.Na/c13-8-1-3-9(4-2-8)18-10-5-6-11(14)12(7-10)19(15,16)17;/h1-7H,(H,15,16,17);/q;+1/p-1. The molecule has 0 aromatic heterocycles. The van der Waals surface area contributed by atoms with Gasteiger partial charge in [-0.1, -0.05) is 35.0 Å². The molecule has 0 aliphatic heterocycles. The van der Waals surface area contributed by atoms with Crippen molar-refractivity contribution in [3.8, 4) is 0 Å². The summed E-state index contributed by atoms with van der Waals surface area (Å²) < 4.78 is 33.1. The number of halogens is 2. The fraction of sp³-hybridized carbons (Fsp3) is 0. The summed E-state index contributed by atoms with van der Waals surface area (Å²) in [5.74, 6) is 0. The van der Waals surface area contributed by atoms with Crippen LogP contribution in [-0.2, 0) is 10.1 Å². The van der Waals surface area contributed by atoms with Crippen LogP contribution in [0.2, 0.25) is 10.0 Å². The van der Waals surface area contributed by atoms with Gasteiger partial charge in [0, 0.05) is 14.8 Å². The van der Waals surface area contributed by atoms with Crippen molar-refractivity contribution in [2.75, 3.05) is 0 Å². The Balaban J connectivity index is 0.00000200. The van der Waals surface area contributed by atoms with Crippen LogP contribution in [0.1, 0.15) is 0 Å². The SMILES string of the molecule is O=S(=O)([O-])c1cc(Sc2ccc(Cl)cc2)ccc1Cl.[Na+]. The molecule has 20 heavy (non-hydrogen) atoms. The number of hydrogen-bond acceptors (Lipinski definition) is 4. The Morgan fingerprint density at radius 2 is 1.50 bits per heavy atom. The van der Waals surface area contributed by atoms with Gasteiger partial charge in [0.05, 0.1) is 9.92 Å². The molecule has 0 aliphatic carbocycles. The normalized spacial score (nSPS) is 10.9. The Hall–Kier alpha value is 0.280. The van der Waals surface area contributed by atoms with Crippen molar-refractivity contribution in [1.29, 1.82) is 0 Å². The van der Waals surface area contributed by atoms with Crippen molar-refractivity contribution in [3.05, 3.63) is 52.5 Å². The first-order valence-electron chi connectivity index (χ1n) is 5.05. The minimum absolute atomic E-state index is 0. The van der Waals surface area contributed by atoms with Gasteiger partial charge in [-0.15, -0.1) is 0 Å². The van der Waals surface area contributed by atoms with Gasteiger partial charge in [-0.2, -0.15) is 0 Å². The molecule has 2 rings (SSSR count). The summed E-state index contributed by atoms with van der Waals surface area (Å²) in [5, 5.41) is 0.540. The molecule has 0 atom stereocenters. The average Bonchev–Trinajstić information content (AvgIpc) is 2.33. The molecule has 0 heterocycles. The number of hydrogen-bond donors (Lipinski definition) is 0. The Morgan fingerprint density at radius 1 is 0.950 bits per heavy atom. The van der Waals surface area contributed by atoms with Crippen LogP contribution < -0.4 is 29.6 Å². The smallest absolute Gasteiger partial charge is 0.744 e. The van der Waals surface area contributed by atoms with Gasteiger partial charge in [0.15, 0.2) is 0 Å². The second-order valence-electron chi connectivity index (χ2n) is 3.60. The Labute approximate surface area is 153 Å². The first kappa shape index (κ1) is 18.3. The van der Waals surface area contributed by atoms with Gasteiger partial charge >= 0.3 is 29.6 Å². The fourth-order valence-corrected chi connectivity index (χ4v) is 3.41. The molecule has 0 N–H and O–H groups in total. The predicted octanol–water partition coefficient (Wildman–Crippen LogP) is 1.05. The molecule has 0 fully saturated rings. The summed E-state index contributed by atoms with van der Waals surface area (Å²) >= 11 is 12.8. The van der Waals surface area contributed by atoms with E-state index in [1.807, 2.05) is 0 Å². The monoisotopic (exact) mass is 356 g/mol. The zero-order chi connectivity index (χ0) is 14.0. The van der Waals surface area contributed by atoms with E-state index >= 15 is 0 Å². The number of rotatable bonds is 3. The summed E-state index contributed by atoms with van der Waals surface area (Å²) in [5.41, 5.74) is 0. The molecule has 0 bridgehead atoms. The van der Waals surface area contributed by atoms with Crippen LogP contribution in [0.15, 0.2) is 57.2 Å². The van der Waals surface area contributed by atoms with E-state index in [4.69, 9.17) is 23.2 Å². The first-order valence-corrected chi connectivity index (χ1v) is 8.03. The Kier molecular flexibility index (Phi) is 6.89. The number of benzene rings is 2. The van der Waals surface area contributed by atoms with E-state index in [1.165, 1.54) is 23.9 Å². The van der Waals surface area contributed by atoms with Crippen LogP contribution in [0.25, 0.3) is 0 Å². The van der Waals surface area contributed by atoms with Crippen molar-refractivity contribution in [2.45, 2.75) is 14.7 Å². The van der Waals surface area contributed by atoms with E-state index in [0.29, 0.717) is 9.92 Å². The molecule has 2 aromatic carbocycles. The summed E-state index contributed by atoms with van der Waals surface area (Å²) in [6.45, 7) is 0. The molecule has 0 saturated carbocycles. The molecular formula is C12H7Cl2NaO3S2. The molecule has 0 saturated heterocycles. The zero-order valence-corrected chi connectivity index (χ0v) is 15.5. The minimum atomic E-state index is -4.57. The topological polar surface area (TPSA) is 57.2 Å². The maximum atomic E-state index is 11.0. The quantitative estimate of drug-likeness (QED) is 0.609. The maximum absolute atomic E-state index is 11.0. The summed E-state index contributed by atoms with van der Waals surface area (Å²) in [4.78, 5) is 1.08. The summed E-state index contributed by atoms with van der Waals surface area (Å²) in [7, 11) is -4.57. The van der Waals surface area contributed by atoms with Crippen molar-refractivity contribution < 1.29 is 42.5 Å². The molecular weight excluding hydrogens is 350 g/mol. The maximum Gasteiger partial charge on any atom is 1.00 e. The van der Waals surface area contributed by atoms with Crippen LogP contribution in [0, 0.1) is 0 Å². The van der Waals surface area contributed by atoms with Gasteiger partial charge in [-0.05, 0) is 42.5 Å². The minimum Gasteiger partial charge on any atom is -0.744 e. The second-order valence-corrected chi connectivity index (χ2v) is 6.94. The molecule has 0 radical (unpaired) electrons. The zero-order valence-electron chi connectivity index (χ0n) is 10.3. The summed E-state index contributed by atoms with van der Waals surface area (Å²) in [6.07, 6.45) is 0. The first-order chi connectivity index (χ1) is 8.86. The van der Waals surface area contributed by atoms with Crippen molar-refractivity contribution >= 4 is 45.1 Å². The molecule has 0 amide bonds. The van der Waals surface area contributed by atoms with Gasteiger partial charge in [0.1, 0.15) is 10.1 Å². The molecule has 0 aliphatic rings. The Morgan fingerprint density at radius 3 is 2.05 bits per heavy atom. The third kappa shape index (κ3) is 4.93. The second kappa shape index (κ2) is 7.51. The summed E-state index contributed by atoms with van der Waals surface area (Å²) in [6, 6.07) is 11.4. The largest absolute Gasteiger partial charge is 1.00 e. The van der Waals surface area contributed by atoms with Crippen molar-refractivity contribution in [1.82, 2.24) is 0 Å². The van der Waals surface area contributed by atoms with Crippen LogP contribution in [0.5, 0.6) is 0 Å². The van der Waals surface area contributed by atoms with Crippen molar-refractivity contribution in [3.63, 3.8) is 0 Å². The predicted molar refractivity (Wildman–Crippen MR) is 75.0 cm³/mol. The average molecular weight is 357 g/mol. The molecule has 0 unspecified atom stereocenters. The van der Waals surface area contributed by atoms with Crippen LogP contribution in [0.3, 0.4) is 0 Å². The fourth-order valence-electron chi connectivity index (χ4n) is 1.38. The van der Waals surface area contributed by atoms with Crippen molar-refractivity contribution in [2.24, 2.45) is 0 Å². The molecule has 2 aromatic rings. The van der Waals surface area contributed by atoms with E-state index in [-0.39, 0.29) is 34.6 Å². The van der Waals surface area contributed by atoms with Gasteiger partial charge in [0.25, 0.3) is 0 Å². The van der Waals surface area contributed by atoms with E-state index in [9.17, 15) is 13.0 Å². The van der Waals surface area contributed by atoms with Gasteiger partial charge in [-0.3, -0.25) is 0 Å². The van der Waals surface area contributed by atoms with Gasteiger partial charge < -0.3 is 4.55 Å². The molecule has 100 valence electrons. The van der Waals surface area contributed by atoms with Crippen LogP contribution >= 0.6 is 35.0 Å². The van der Waals surface area contributed by atoms with Gasteiger partial charge in [-0.25, -0.2) is 8.42 Å². The molecule has 3 nitrogen and oxygen atoms in total. The molecule has 8 heteroatoms. The van der Waals surface area contributed by atoms with Crippen LogP contribution in [-0.4, -0.2) is 13.0 Å². The molecule has 0 spiro atoms. The van der Waals surface area contributed by atoms with E-state index in [2.05, 4.69) is 0 Å². The van der Waals surface area contributed by atoms with E-state index in [1.54, 1.807) is 30.3 Å². The third-order valence-electron chi connectivity index (χ3n) is 2.22.